The van der Waals surface area contributed by atoms with Crippen molar-refractivity contribution < 1.29 is 4.74 Å². The average molecular weight is 268 g/mol. The number of nitrogens with zero attached hydrogens (tertiary/aromatic N) is 1. The molecule has 3 heteroatoms. The fraction of sp³-hybridized carbons (Fsp3) is 1.00. The number of hydrogen-bond acceptors (Lipinski definition) is 3. The van der Waals surface area contributed by atoms with Crippen LogP contribution in [0, 0.1) is 10.8 Å². The lowest BCUT2D eigenvalue weighted by Crippen LogP contribution is -2.47. The predicted molar refractivity (Wildman–Crippen MR) is 80.5 cm³/mol. The van der Waals surface area contributed by atoms with Gasteiger partial charge >= 0.3 is 0 Å². The van der Waals surface area contributed by atoms with Gasteiger partial charge in [0.05, 0.1) is 13.2 Å². The van der Waals surface area contributed by atoms with E-state index in [4.69, 9.17) is 4.74 Å². The monoisotopic (exact) mass is 268 g/mol. The Balaban J connectivity index is 1.72. The van der Waals surface area contributed by atoms with Crippen LogP contribution in [0.1, 0.15) is 47.0 Å². The van der Waals surface area contributed by atoms with Crippen molar-refractivity contribution >= 4 is 0 Å². The number of rotatable bonds is 4. The Morgan fingerprint density at radius 3 is 2.21 bits per heavy atom. The van der Waals surface area contributed by atoms with Gasteiger partial charge < -0.3 is 10.1 Å². The summed E-state index contributed by atoms with van der Waals surface area (Å²) in [5, 5.41) is 3.80. The Bertz CT molecular complexity index is 266. The Hall–Kier alpha value is -0.120. The Labute approximate surface area is 119 Å². The molecule has 0 spiro atoms. The van der Waals surface area contributed by atoms with Crippen LogP contribution < -0.4 is 5.32 Å². The molecule has 2 rings (SSSR count). The van der Waals surface area contributed by atoms with Gasteiger partial charge in [-0.15, -0.1) is 0 Å². The molecular formula is C16H32N2O. The van der Waals surface area contributed by atoms with Gasteiger partial charge in [-0.3, -0.25) is 4.90 Å². The predicted octanol–water partition coefficient (Wildman–Crippen LogP) is 2.51. The van der Waals surface area contributed by atoms with E-state index in [1.54, 1.807) is 0 Å². The third-order valence-electron chi connectivity index (χ3n) is 4.52. The van der Waals surface area contributed by atoms with E-state index >= 15 is 0 Å². The van der Waals surface area contributed by atoms with Crippen molar-refractivity contribution in [1.29, 1.82) is 0 Å². The Kier molecular flexibility index (Phi) is 4.91. The first-order valence-corrected chi connectivity index (χ1v) is 7.90. The molecule has 1 saturated heterocycles. The number of hydrogen-bond donors (Lipinski definition) is 1. The van der Waals surface area contributed by atoms with Crippen molar-refractivity contribution in [3.63, 3.8) is 0 Å². The van der Waals surface area contributed by atoms with E-state index in [0.717, 1.165) is 32.8 Å². The summed E-state index contributed by atoms with van der Waals surface area (Å²) in [7, 11) is 0. The van der Waals surface area contributed by atoms with E-state index in [9.17, 15) is 0 Å². The largest absolute Gasteiger partial charge is 0.379 e. The zero-order valence-electron chi connectivity index (χ0n) is 13.3. The fourth-order valence-corrected chi connectivity index (χ4v) is 4.24. The minimum absolute atomic E-state index is 0.485. The quantitative estimate of drug-likeness (QED) is 0.848. The fourth-order valence-electron chi connectivity index (χ4n) is 4.24. The van der Waals surface area contributed by atoms with Crippen LogP contribution in [0.4, 0.5) is 0 Å². The van der Waals surface area contributed by atoms with Crippen molar-refractivity contribution in [2.45, 2.75) is 53.0 Å². The highest BCUT2D eigenvalue weighted by molar-refractivity contribution is 4.92. The van der Waals surface area contributed by atoms with Gasteiger partial charge in [0.1, 0.15) is 0 Å². The molecule has 0 aromatic rings. The molecule has 1 heterocycles. The van der Waals surface area contributed by atoms with Crippen LogP contribution in [0.15, 0.2) is 0 Å². The molecule has 0 aromatic carbocycles. The van der Waals surface area contributed by atoms with Crippen LogP contribution in [0.25, 0.3) is 0 Å². The summed E-state index contributed by atoms with van der Waals surface area (Å²) in [6.45, 7) is 16.0. The molecule has 1 N–H and O–H groups in total. The zero-order valence-corrected chi connectivity index (χ0v) is 13.3. The first-order valence-electron chi connectivity index (χ1n) is 7.90. The van der Waals surface area contributed by atoms with Crippen LogP contribution in [-0.4, -0.2) is 50.3 Å². The summed E-state index contributed by atoms with van der Waals surface area (Å²) in [6.07, 6.45) is 3.99. The smallest absolute Gasteiger partial charge is 0.0594 e. The minimum Gasteiger partial charge on any atom is -0.379 e. The summed E-state index contributed by atoms with van der Waals surface area (Å²) in [4.78, 5) is 2.51. The second-order valence-corrected chi connectivity index (χ2v) is 8.02. The zero-order chi connectivity index (χ0) is 13.9. The van der Waals surface area contributed by atoms with Crippen molar-refractivity contribution in [1.82, 2.24) is 10.2 Å². The molecule has 3 nitrogen and oxygen atoms in total. The molecule has 0 atom stereocenters. The van der Waals surface area contributed by atoms with E-state index in [2.05, 4.69) is 37.9 Å². The van der Waals surface area contributed by atoms with Crippen LogP contribution in [0.5, 0.6) is 0 Å². The van der Waals surface area contributed by atoms with Gasteiger partial charge in [0.2, 0.25) is 0 Å². The van der Waals surface area contributed by atoms with Gasteiger partial charge in [-0.25, -0.2) is 0 Å². The summed E-state index contributed by atoms with van der Waals surface area (Å²) in [5.41, 5.74) is 0.969. The molecular weight excluding hydrogens is 236 g/mol. The first kappa shape index (κ1) is 15.3. The third kappa shape index (κ3) is 5.05. The number of nitrogens with one attached hydrogen (secondary N) is 1. The van der Waals surface area contributed by atoms with Crippen LogP contribution in [0.2, 0.25) is 0 Å². The molecule has 2 aliphatic rings. The Morgan fingerprint density at radius 2 is 1.63 bits per heavy atom. The topological polar surface area (TPSA) is 24.5 Å². The molecule has 112 valence electrons. The molecule has 0 unspecified atom stereocenters. The van der Waals surface area contributed by atoms with Crippen molar-refractivity contribution in [3.8, 4) is 0 Å². The normalized spacial score (nSPS) is 28.4. The van der Waals surface area contributed by atoms with Gasteiger partial charge in [0.15, 0.2) is 0 Å². The number of morpholine rings is 1. The molecule has 1 saturated carbocycles. The summed E-state index contributed by atoms with van der Waals surface area (Å²) in [5.74, 6) is 0. The minimum atomic E-state index is 0.485. The van der Waals surface area contributed by atoms with E-state index in [-0.39, 0.29) is 0 Å². The van der Waals surface area contributed by atoms with Gasteiger partial charge in [-0.05, 0) is 30.1 Å². The maximum absolute atomic E-state index is 5.39. The van der Waals surface area contributed by atoms with E-state index in [0.29, 0.717) is 16.9 Å². The standard InChI is InChI=1S/C16H32N2O/c1-15(2)11-14(12-16(3,4)13-15)17-5-6-18-7-9-19-10-8-18/h14,17H,5-13H2,1-4H3. The first-order chi connectivity index (χ1) is 8.86. The van der Waals surface area contributed by atoms with Gasteiger partial charge in [-0.2, -0.15) is 0 Å². The van der Waals surface area contributed by atoms with E-state index in [1.165, 1.54) is 25.8 Å². The molecule has 1 aliphatic carbocycles. The average Bonchev–Trinajstić information content (AvgIpc) is 2.26. The highest BCUT2D eigenvalue weighted by Crippen LogP contribution is 2.45. The molecule has 0 bridgehead atoms. The molecule has 0 amide bonds. The highest BCUT2D eigenvalue weighted by atomic mass is 16.5. The van der Waals surface area contributed by atoms with Crippen molar-refractivity contribution in [2.75, 3.05) is 39.4 Å². The lowest BCUT2D eigenvalue weighted by Gasteiger charge is -2.45. The molecule has 0 radical (unpaired) electrons. The third-order valence-corrected chi connectivity index (χ3v) is 4.52. The second kappa shape index (κ2) is 6.11. The van der Waals surface area contributed by atoms with Crippen molar-refractivity contribution in [3.05, 3.63) is 0 Å². The highest BCUT2D eigenvalue weighted by Gasteiger charge is 2.38. The molecule has 0 aromatic heterocycles. The van der Waals surface area contributed by atoms with Crippen molar-refractivity contribution in [2.24, 2.45) is 10.8 Å². The van der Waals surface area contributed by atoms with Crippen LogP contribution >= 0.6 is 0 Å². The maximum atomic E-state index is 5.39. The van der Waals surface area contributed by atoms with Crippen LogP contribution in [-0.2, 0) is 4.74 Å². The second-order valence-electron chi connectivity index (χ2n) is 8.02. The van der Waals surface area contributed by atoms with Crippen LogP contribution in [0.3, 0.4) is 0 Å². The molecule has 2 fully saturated rings. The Morgan fingerprint density at radius 1 is 1.05 bits per heavy atom. The number of ether oxygens (including phenoxy) is 1. The van der Waals surface area contributed by atoms with Gasteiger partial charge in [-0.1, -0.05) is 27.7 Å². The van der Waals surface area contributed by atoms with Gasteiger partial charge in [0, 0.05) is 32.2 Å². The van der Waals surface area contributed by atoms with E-state index in [1.807, 2.05) is 0 Å². The molecule has 19 heavy (non-hydrogen) atoms. The summed E-state index contributed by atoms with van der Waals surface area (Å²) < 4.78 is 5.39. The van der Waals surface area contributed by atoms with Gasteiger partial charge in [0.25, 0.3) is 0 Å². The summed E-state index contributed by atoms with van der Waals surface area (Å²) in [6, 6.07) is 0.694. The summed E-state index contributed by atoms with van der Waals surface area (Å²) >= 11 is 0. The molecule has 1 aliphatic heterocycles. The van der Waals surface area contributed by atoms with E-state index < -0.39 is 0 Å². The maximum Gasteiger partial charge on any atom is 0.0594 e. The lowest BCUT2D eigenvalue weighted by molar-refractivity contribution is 0.0361. The SMILES string of the molecule is CC1(C)CC(NCCN2CCOCC2)CC(C)(C)C1. The lowest BCUT2D eigenvalue weighted by atomic mass is 9.63.